The van der Waals surface area contributed by atoms with Crippen molar-refractivity contribution in [1.82, 2.24) is 10.2 Å². The standard InChI is InChI=1S/C14H18N4OS2/c1-4-15-13-17-18-14(21-13)20-8-12(19)16-11-6-9(2)5-10(3)7-11/h5-7H,4,8H2,1-3H3,(H,15,17)(H,16,19). The van der Waals surface area contributed by atoms with Gasteiger partial charge in [-0.3, -0.25) is 4.79 Å². The van der Waals surface area contributed by atoms with Crippen LogP contribution in [0.5, 0.6) is 0 Å². The van der Waals surface area contributed by atoms with Crippen molar-refractivity contribution in [1.29, 1.82) is 0 Å². The molecule has 0 saturated carbocycles. The number of anilines is 2. The lowest BCUT2D eigenvalue weighted by Gasteiger charge is -2.06. The Kier molecular flexibility index (Phi) is 5.58. The molecular formula is C14H18N4OS2. The molecule has 2 rings (SSSR count). The van der Waals surface area contributed by atoms with Crippen molar-refractivity contribution in [2.24, 2.45) is 0 Å². The molecule has 112 valence electrons. The molecule has 0 bridgehead atoms. The molecule has 0 saturated heterocycles. The highest BCUT2D eigenvalue weighted by Gasteiger charge is 2.08. The van der Waals surface area contributed by atoms with Gasteiger partial charge in [0.05, 0.1) is 5.75 Å². The highest BCUT2D eigenvalue weighted by Crippen LogP contribution is 2.25. The second-order valence-corrected chi connectivity index (χ2v) is 6.82. The largest absolute Gasteiger partial charge is 0.360 e. The van der Waals surface area contributed by atoms with Crippen LogP contribution >= 0.6 is 23.1 Å². The van der Waals surface area contributed by atoms with E-state index in [-0.39, 0.29) is 5.91 Å². The summed E-state index contributed by atoms with van der Waals surface area (Å²) in [5, 5.41) is 14.8. The summed E-state index contributed by atoms with van der Waals surface area (Å²) in [5.41, 5.74) is 3.11. The van der Waals surface area contributed by atoms with Crippen molar-refractivity contribution >= 4 is 39.8 Å². The van der Waals surface area contributed by atoms with Gasteiger partial charge in [0.25, 0.3) is 0 Å². The predicted octanol–water partition coefficient (Wildman–Crippen LogP) is 3.32. The number of aromatic nitrogens is 2. The van der Waals surface area contributed by atoms with Crippen LogP contribution in [0.3, 0.4) is 0 Å². The number of rotatable bonds is 6. The summed E-state index contributed by atoms with van der Waals surface area (Å²) in [5.74, 6) is 0.290. The number of amides is 1. The van der Waals surface area contributed by atoms with Gasteiger partial charge < -0.3 is 10.6 Å². The first-order valence-corrected chi connectivity index (χ1v) is 8.45. The summed E-state index contributed by atoms with van der Waals surface area (Å²) in [4.78, 5) is 11.9. The molecule has 0 unspecified atom stereocenters. The Morgan fingerprint density at radius 1 is 1.24 bits per heavy atom. The van der Waals surface area contributed by atoms with E-state index in [9.17, 15) is 4.79 Å². The Bertz CT molecular complexity index is 607. The minimum absolute atomic E-state index is 0.0369. The number of carbonyl (C=O) groups excluding carboxylic acids is 1. The molecule has 0 aliphatic carbocycles. The highest BCUT2D eigenvalue weighted by molar-refractivity contribution is 8.01. The monoisotopic (exact) mass is 322 g/mol. The van der Waals surface area contributed by atoms with Crippen molar-refractivity contribution in [3.63, 3.8) is 0 Å². The zero-order valence-corrected chi connectivity index (χ0v) is 13.9. The first-order chi connectivity index (χ1) is 10.1. The van der Waals surface area contributed by atoms with Crippen LogP contribution in [0, 0.1) is 13.8 Å². The molecule has 1 amide bonds. The molecule has 0 radical (unpaired) electrons. The molecule has 1 aromatic carbocycles. The minimum atomic E-state index is -0.0369. The van der Waals surface area contributed by atoms with Gasteiger partial charge in [-0.05, 0) is 44.0 Å². The lowest BCUT2D eigenvalue weighted by molar-refractivity contribution is -0.113. The number of nitrogens with one attached hydrogen (secondary N) is 2. The van der Waals surface area contributed by atoms with E-state index in [1.54, 1.807) is 0 Å². The Morgan fingerprint density at radius 2 is 1.95 bits per heavy atom. The maximum Gasteiger partial charge on any atom is 0.234 e. The van der Waals surface area contributed by atoms with Crippen LogP contribution < -0.4 is 10.6 Å². The SMILES string of the molecule is CCNc1nnc(SCC(=O)Nc2cc(C)cc(C)c2)s1. The fourth-order valence-corrected chi connectivity index (χ4v) is 3.48. The second-order valence-electron chi connectivity index (χ2n) is 4.62. The molecule has 21 heavy (non-hydrogen) atoms. The van der Waals surface area contributed by atoms with Gasteiger partial charge in [-0.2, -0.15) is 0 Å². The molecule has 1 heterocycles. The van der Waals surface area contributed by atoms with Gasteiger partial charge in [0.1, 0.15) is 0 Å². The van der Waals surface area contributed by atoms with Crippen LogP contribution in [0.25, 0.3) is 0 Å². The average Bonchev–Trinajstić information content (AvgIpc) is 2.83. The summed E-state index contributed by atoms with van der Waals surface area (Å²) in [6.45, 7) is 6.85. The van der Waals surface area contributed by atoms with Gasteiger partial charge in [0, 0.05) is 12.2 Å². The third kappa shape index (κ3) is 5.02. The van der Waals surface area contributed by atoms with Gasteiger partial charge in [-0.25, -0.2) is 0 Å². The van der Waals surface area contributed by atoms with E-state index in [2.05, 4.69) is 26.9 Å². The number of thioether (sulfide) groups is 1. The zero-order valence-electron chi connectivity index (χ0n) is 12.3. The Labute approximate surface area is 132 Å². The van der Waals surface area contributed by atoms with E-state index in [1.165, 1.54) is 23.1 Å². The van der Waals surface area contributed by atoms with Crippen LogP contribution in [0.4, 0.5) is 10.8 Å². The maximum absolute atomic E-state index is 11.9. The van der Waals surface area contributed by atoms with E-state index in [0.717, 1.165) is 32.8 Å². The third-order valence-electron chi connectivity index (χ3n) is 2.57. The highest BCUT2D eigenvalue weighted by atomic mass is 32.2. The lowest BCUT2D eigenvalue weighted by atomic mass is 10.1. The molecule has 0 aliphatic heterocycles. The van der Waals surface area contributed by atoms with Gasteiger partial charge in [-0.15, -0.1) is 10.2 Å². The van der Waals surface area contributed by atoms with Gasteiger partial charge >= 0.3 is 0 Å². The van der Waals surface area contributed by atoms with Gasteiger partial charge in [0.2, 0.25) is 11.0 Å². The number of aryl methyl sites for hydroxylation is 2. The van der Waals surface area contributed by atoms with Crippen LogP contribution in [0.1, 0.15) is 18.1 Å². The fourth-order valence-electron chi connectivity index (χ4n) is 1.86. The minimum Gasteiger partial charge on any atom is -0.360 e. The number of carbonyl (C=O) groups is 1. The summed E-state index contributed by atoms with van der Waals surface area (Å²) in [6, 6.07) is 6.00. The third-order valence-corrected chi connectivity index (χ3v) is 4.58. The number of nitrogens with zero attached hydrogens (tertiary/aromatic N) is 2. The van der Waals surface area contributed by atoms with Crippen LogP contribution in [-0.4, -0.2) is 28.4 Å². The predicted molar refractivity (Wildman–Crippen MR) is 89.3 cm³/mol. The average molecular weight is 322 g/mol. The van der Waals surface area contributed by atoms with Crippen LogP contribution in [-0.2, 0) is 4.79 Å². The maximum atomic E-state index is 11.9. The van der Waals surface area contributed by atoms with E-state index < -0.39 is 0 Å². The molecule has 7 heteroatoms. The topological polar surface area (TPSA) is 66.9 Å². The first kappa shape index (κ1) is 15.8. The molecule has 0 fully saturated rings. The number of hydrogen-bond donors (Lipinski definition) is 2. The van der Waals surface area contributed by atoms with E-state index in [4.69, 9.17) is 0 Å². The quantitative estimate of drug-likeness (QED) is 0.799. The Hall–Kier alpha value is -1.60. The van der Waals surface area contributed by atoms with Crippen molar-refractivity contribution in [2.75, 3.05) is 22.9 Å². The first-order valence-electron chi connectivity index (χ1n) is 6.65. The van der Waals surface area contributed by atoms with Crippen LogP contribution in [0.15, 0.2) is 22.5 Å². The van der Waals surface area contributed by atoms with Crippen LogP contribution in [0.2, 0.25) is 0 Å². The van der Waals surface area contributed by atoms with Crippen molar-refractivity contribution in [2.45, 2.75) is 25.1 Å². The van der Waals surface area contributed by atoms with Gasteiger partial charge in [-0.1, -0.05) is 29.2 Å². The molecular weight excluding hydrogens is 304 g/mol. The summed E-state index contributed by atoms with van der Waals surface area (Å²) in [7, 11) is 0. The zero-order chi connectivity index (χ0) is 15.2. The summed E-state index contributed by atoms with van der Waals surface area (Å²) in [6.07, 6.45) is 0. The molecule has 0 atom stereocenters. The molecule has 1 aromatic heterocycles. The van der Waals surface area contributed by atoms with E-state index in [1.807, 2.05) is 32.9 Å². The Morgan fingerprint density at radius 3 is 2.62 bits per heavy atom. The fraction of sp³-hybridized carbons (Fsp3) is 0.357. The molecule has 0 spiro atoms. The number of benzene rings is 1. The normalized spacial score (nSPS) is 10.4. The Balaban J connectivity index is 1.86. The smallest absolute Gasteiger partial charge is 0.234 e. The molecule has 2 aromatic rings. The summed E-state index contributed by atoms with van der Waals surface area (Å²) >= 11 is 2.86. The lowest BCUT2D eigenvalue weighted by Crippen LogP contribution is -2.14. The van der Waals surface area contributed by atoms with Crippen molar-refractivity contribution in [3.8, 4) is 0 Å². The van der Waals surface area contributed by atoms with E-state index >= 15 is 0 Å². The molecule has 5 nitrogen and oxygen atoms in total. The molecule has 0 aliphatic rings. The van der Waals surface area contributed by atoms with Gasteiger partial charge in [0.15, 0.2) is 4.34 Å². The number of hydrogen-bond acceptors (Lipinski definition) is 6. The van der Waals surface area contributed by atoms with E-state index in [0.29, 0.717) is 5.75 Å². The second kappa shape index (κ2) is 7.42. The van der Waals surface area contributed by atoms with Crippen molar-refractivity contribution < 1.29 is 4.79 Å². The van der Waals surface area contributed by atoms with Crippen molar-refractivity contribution in [3.05, 3.63) is 29.3 Å². The molecule has 2 N–H and O–H groups in total. The summed E-state index contributed by atoms with van der Waals surface area (Å²) < 4.78 is 0.793.